The van der Waals surface area contributed by atoms with Gasteiger partial charge < -0.3 is 30.4 Å². The molecule has 6 aliphatic rings. The number of hydroxylamine groups is 1. The number of pyridine rings is 1. The highest BCUT2D eigenvalue weighted by molar-refractivity contribution is 7.89. The first-order valence-corrected chi connectivity index (χ1v) is 18.9. The summed E-state index contributed by atoms with van der Waals surface area (Å²) in [4.78, 5) is 40.6. The van der Waals surface area contributed by atoms with Crippen molar-refractivity contribution in [3.8, 4) is 0 Å². The first-order chi connectivity index (χ1) is 23.0. The molecule has 14 heteroatoms. The topological polar surface area (TPSA) is 151 Å². The average molecular weight is 682 g/mol. The number of nitrogens with two attached hydrogens (primary N) is 1. The summed E-state index contributed by atoms with van der Waals surface area (Å²) in [6.45, 7) is 7.02. The van der Waals surface area contributed by atoms with Crippen LogP contribution < -0.4 is 25.9 Å². The van der Waals surface area contributed by atoms with Crippen molar-refractivity contribution < 1.29 is 27.6 Å². The van der Waals surface area contributed by atoms with Crippen LogP contribution in [0.25, 0.3) is 0 Å². The number of piperazine rings is 1. The molecule has 1 saturated heterocycles. The molecule has 260 valence electrons. The van der Waals surface area contributed by atoms with Crippen molar-refractivity contribution in [3.05, 3.63) is 42.6 Å². The summed E-state index contributed by atoms with van der Waals surface area (Å²) < 4.78 is 32.5. The van der Waals surface area contributed by atoms with E-state index < -0.39 is 21.5 Å². The van der Waals surface area contributed by atoms with Crippen LogP contribution >= 0.6 is 0 Å². The van der Waals surface area contributed by atoms with Gasteiger partial charge in [0.2, 0.25) is 15.9 Å². The molecule has 2 amide bonds. The number of nitrogens with one attached hydrogen (secondary N) is 1. The van der Waals surface area contributed by atoms with E-state index in [9.17, 15) is 18.0 Å². The Morgan fingerprint density at radius 1 is 0.979 bits per heavy atom. The number of fused-ring (bicyclic) bond motifs is 1. The monoisotopic (exact) mass is 681 g/mol. The number of sulfonamides is 1. The largest absolute Gasteiger partial charge is 0.431 e. The lowest BCUT2D eigenvalue weighted by molar-refractivity contribution is -0.145. The second kappa shape index (κ2) is 13.0. The Bertz CT molecular complexity index is 1600. The van der Waals surface area contributed by atoms with Crippen LogP contribution in [0.3, 0.4) is 0 Å². The lowest BCUT2D eigenvalue weighted by Crippen LogP contribution is -2.62. The van der Waals surface area contributed by atoms with Gasteiger partial charge in [0.15, 0.2) is 0 Å². The van der Waals surface area contributed by atoms with Gasteiger partial charge in [-0.1, -0.05) is 12.1 Å². The molecule has 5 fully saturated rings. The molecular formula is C34H47N7O6S. The molecule has 3 N–H and O–H groups in total. The normalized spacial score (nSPS) is 28.4. The summed E-state index contributed by atoms with van der Waals surface area (Å²) in [7, 11) is -3.36. The maximum atomic E-state index is 13.3. The van der Waals surface area contributed by atoms with Crippen molar-refractivity contribution in [3.63, 3.8) is 0 Å². The van der Waals surface area contributed by atoms with Crippen LogP contribution in [-0.4, -0.2) is 93.5 Å². The molecule has 48 heavy (non-hydrogen) atoms. The smallest absolute Gasteiger partial charge is 0.378 e. The molecule has 13 nitrogen and oxygen atoms in total. The molecule has 3 unspecified atom stereocenters. The number of rotatable bonds is 10. The van der Waals surface area contributed by atoms with E-state index in [1.807, 2.05) is 56.4 Å². The fraction of sp³-hybridized carbons (Fsp3) is 0.618. The molecule has 2 aliphatic heterocycles. The predicted octanol–water partition coefficient (Wildman–Crippen LogP) is 3.24. The minimum absolute atomic E-state index is 0.00187. The molecule has 4 aliphatic carbocycles. The van der Waals surface area contributed by atoms with E-state index in [0.717, 1.165) is 55.0 Å². The zero-order valence-electron chi connectivity index (χ0n) is 27.8. The van der Waals surface area contributed by atoms with E-state index in [0.29, 0.717) is 45.2 Å². The van der Waals surface area contributed by atoms with Crippen molar-refractivity contribution in [2.24, 2.45) is 28.9 Å². The molecule has 8 rings (SSSR count). The second-order valence-electron chi connectivity index (χ2n) is 14.4. The number of primary amides is 1. The highest BCUT2D eigenvalue weighted by Crippen LogP contribution is 2.60. The van der Waals surface area contributed by atoms with E-state index >= 15 is 0 Å². The number of para-hydroxylation sites is 2. The number of hydrogen-bond donors (Lipinski definition) is 2. The van der Waals surface area contributed by atoms with Gasteiger partial charge in [0.1, 0.15) is 5.82 Å². The summed E-state index contributed by atoms with van der Waals surface area (Å²) in [6.07, 6.45) is 5.81. The SMILES string of the molecule is CC(C)OCCS(=O)(=O)N1CCN(c2ccc(N3CCN(OC(=O)NC4[C@@H]5CC6C[C@H]4CC(C(N)=O)(C6)C5)c4ccccc43)nc2)CC1. The molecule has 1 aromatic heterocycles. The minimum Gasteiger partial charge on any atom is -0.378 e. The number of anilines is 4. The fourth-order valence-electron chi connectivity index (χ4n) is 8.96. The quantitative estimate of drug-likeness (QED) is 0.383. The minimum atomic E-state index is -3.36. The van der Waals surface area contributed by atoms with Crippen LogP contribution in [0.15, 0.2) is 42.6 Å². The fourth-order valence-corrected chi connectivity index (χ4v) is 10.2. The maximum Gasteiger partial charge on any atom is 0.431 e. The molecule has 1 aromatic carbocycles. The molecule has 4 bridgehead atoms. The summed E-state index contributed by atoms with van der Waals surface area (Å²) in [5.74, 6) is 1.60. The van der Waals surface area contributed by atoms with Gasteiger partial charge in [-0.15, -0.1) is 0 Å². The number of aromatic nitrogens is 1. The number of ether oxygens (including phenoxy) is 1. The van der Waals surface area contributed by atoms with Gasteiger partial charge in [0.05, 0.1) is 48.3 Å². The van der Waals surface area contributed by atoms with Crippen LogP contribution in [0.5, 0.6) is 0 Å². The molecule has 0 spiro atoms. The highest BCUT2D eigenvalue weighted by atomic mass is 32.2. The first-order valence-electron chi connectivity index (χ1n) is 17.2. The van der Waals surface area contributed by atoms with Crippen molar-refractivity contribution in [1.82, 2.24) is 14.6 Å². The van der Waals surface area contributed by atoms with Gasteiger partial charge >= 0.3 is 6.09 Å². The molecule has 4 saturated carbocycles. The predicted molar refractivity (Wildman–Crippen MR) is 182 cm³/mol. The van der Waals surface area contributed by atoms with Gasteiger partial charge in [-0.2, -0.15) is 4.31 Å². The van der Waals surface area contributed by atoms with Crippen LogP contribution in [-0.2, 0) is 24.4 Å². The zero-order chi connectivity index (χ0) is 33.6. The number of benzene rings is 1. The first kappa shape index (κ1) is 32.9. The van der Waals surface area contributed by atoms with Crippen molar-refractivity contribution in [2.75, 3.05) is 66.5 Å². The Labute approximate surface area is 282 Å². The van der Waals surface area contributed by atoms with Gasteiger partial charge in [0.25, 0.3) is 0 Å². The van der Waals surface area contributed by atoms with E-state index in [-0.39, 0.29) is 42.2 Å². The lowest BCUT2D eigenvalue weighted by atomic mass is 9.47. The van der Waals surface area contributed by atoms with Gasteiger partial charge in [0, 0.05) is 44.2 Å². The van der Waals surface area contributed by atoms with Crippen LogP contribution in [0, 0.1) is 23.2 Å². The number of nitrogens with zero attached hydrogens (tertiary/aromatic N) is 5. The Kier molecular flexibility index (Phi) is 8.92. The average Bonchev–Trinajstić information content (AvgIpc) is 3.06. The van der Waals surface area contributed by atoms with Gasteiger partial charge in [-0.3, -0.25) is 4.79 Å². The Balaban J connectivity index is 0.958. The zero-order valence-corrected chi connectivity index (χ0v) is 28.6. The van der Waals surface area contributed by atoms with Gasteiger partial charge in [-0.05, 0) is 88.0 Å². The third-order valence-electron chi connectivity index (χ3n) is 11.0. The van der Waals surface area contributed by atoms with Crippen molar-refractivity contribution >= 4 is 44.9 Å². The molecule has 2 aromatic rings. The van der Waals surface area contributed by atoms with E-state index in [1.54, 1.807) is 9.37 Å². The standard InChI is InChI=1S/C34H47N7O6S/c1-23(2)46-15-16-48(44,45)39-11-9-38(10-12-39)27-7-8-30(36-22-27)40-13-14-41(29-6-4-3-5-28(29)40)47-33(43)37-31-25-17-24-18-26(31)21-34(19-24,20-25)32(35)42/h3-8,22-26,31H,9-21H2,1-2H3,(H2,35,42)(H,37,43)/t24?,25-,26+,31?,34?. The number of hydrogen-bond acceptors (Lipinski definition) is 10. The third-order valence-corrected chi connectivity index (χ3v) is 12.9. The van der Waals surface area contributed by atoms with Crippen LogP contribution in [0.4, 0.5) is 27.7 Å². The summed E-state index contributed by atoms with van der Waals surface area (Å²) in [5, 5.41) is 4.82. The molecular weight excluding hydrogens is 634 g/mol. The second-order valence-corrected chi connectivity index (χ2v) is 16.5. The number of carbonyl (C=O) groups excluding carboxylic acids is 2. The van der Waals surface area contributed by atoms with E-state index in [2.05, 4.69) is 15.1 Å². The van der Waals surface area contributed by atoms with Crippen molar-refractivity contribution in [1.29, 1.82) is 0 Å². The molecule has 3 heterocycles. The Hall–Kier alpha value is -3.62. The van der Waals surface area contributed by atoms with Crippen LogP contribution in [0.1, 0.15) is 46.0 Å². The Morgan fingerprint density at radius 2 is 1.69 bits per heavy atom. The summed E-state index contributed by atoms with van der Waals surface area (Å²) >= 11 is 0. The maximum absolute atomic E-state index is 13.3. The van der Waals surface area contributed by atoms with Crippen molar-refractivity contribution in [2.45, 2.75) is 58.1 Å². The van der Waals surface area contributed by atoms with E-state index in [1.165, 1.54) is 0 Å². The number of amides is 2. The summed E-state index contributed by atoms with van der Waals surface area (Å²) in [5.41, 5.74) is 8.05. The van der Waals surface area contributed by atoms with Crippen LogP contribution in [0.2, 0.25) is 0 Å². The molecule has 0 radical (unpaired) electrons. The highest BCUT2D eigenvalue weighted by Gasteiger charge is 2.58. The van der Waals surface area contributed by atoms with E-state index in [4.69, 9.17) is 20.3 Å². The third kappa shape index (κ3) is 6.41. The lowest BCUT2D eigenvalue weighted by Gasteiger charge is -2.58. The Morgan fingerprint density at radius 3 is 2.33 bits per heavy atom. The summed E-state index contributed by atoms with van der Waals surface area (Å²) in [6, 6.07) is 11.8. The van der Waals surface area contributed by atoms with Gasteiger partial charge in [-0.25, -0.2) is 23.3 Å². The number of carbonyl (C=O) groups is 2. The molecule has 5 atom stereocenters.